The maximum Gasteiger partial charge on any atom is 0.285 e. The standard InChI is InChI=1S/C23H24N4O4S/c28-21-11-5-12-26(21)15-16-6-3-7-17(14-16)24-23(29)19-9-4-13-27(19)22-18-8-1-2-10-20(18)32(30,31)25-22/h1-3,6-8,10,14,19H,4-5,9,11-13,15H2,(H,24,29)/t19-/m0/s1. The lowest BCUT2D eigenvalue weighted by Gasteiger charge is -2.25. The zero-order valence-electron chi connectivity index (χ0n) is 17.5. The number of carbonyl (C=O) groups excluding carboxylic acids is 2. The molecule has 0 radical (unpaired) electrons. The second-order valence-electron chi connectivity index (χ2n) is 8.35. The summed E-state index contributed by atoms with van der Waals surface area (Å²) in [5.74, 6) is 0.314. The SMILES string of the molecule is O=C(Nc1cccc(CN2CCCC2=O)c1)[C@@H]1CCCN1C1=NS(=O)(=O)c2ccccc21. The Morgan fingerprint density at radius 3 is 2.75 bits per heavy atom. The first-order chi connectivity index (χ1) is 15.4. The number of sulfonamides is 1. The Labute approximate surface area is 187 Å². The van der Waals surface area contributed by atoms with Crippen molar-refractivity contribution in [3.8, 4) is 0 Å². The fourth-order valence-electron chi connectivity index (χ4n) is 4.65. The zero-order valence-corrected chi connectivity index (χ0v) is 18.3. The van der Waals surface area contributed by atoms with Crippen LogP contribution in [0.25, 0.3) is 0 Å². The molecule has 3 heterocycles. The number of hydrogen-bond acceptors (Lipinski definition) is 5. The third-order valence-corrected chi connectivity index (χ3v) is 7.50. The third kappa shape index (κ3) is 3.77. The number of anilines is 1. The van der Waals surface area contributed by atoms with Crippen molar-refractivity contribution >= 4 is 33.4 Å². The molecule has 2 fully saturated rings. The number of amides is 2. The molecule has 1 N–H and O–H groups in total. The van der Waals surface area contributed by atoms with Crippen LogP contribution in [0, 0.1) is 0 Å². The minimum Gasteiger partial charge on any atom is -0.343 e. The van der Waals surface area contributed by atoms with Gasteiger partial charge in [0.2, 0.25) is 11.8 Å². The van der Waals surface area contributed by atoms with Crippen LogP contribution in [0.4, 0.5) is 5.69 Å². The summed E-state index contributed by atoms with van der Waals surface area (Å²) in [4.78, 5) is 28.9. The Morgan fingerprint density at radius 1 is 1.09 bits per heavy atom. The number of likely N-dealkylation sites (tertiary alicyclic amines) is 2. The Kier molecular flexibility index (Phi) is 5.21. The Balaban J connectivity index is 1.33. The number of carbonyl (C=O) groups is 2. The minimum atomic E-state index is -3.74. The molecule has 9 heteroatoms. The molecule has 0 unspecified atom stereocenters. The van der Waals surface area contributed by atoms with Gasteiger partial charge in [0.05, 0.1) is 0 Å². The van der Waals surface area contributed by atoms with Crippen molar-refractivity contribution in [3.63, 3.8) is 0 Å². The van der Waals surface area contributed by atoms with E-state index in [9.17, 15) is 18.0 Å². The lowest BCUT2D eigenvalue weighted by Crippen LogP contribution is -2.43. The molecule has 2 amide bonds. The zero-order chi connectivity index (χ0) is 22.3. The third-order valence-electron chi connectivity index (χ3n) is 6.18. The van der Waals surface area contributed by atoms with Crippen LogP contribution in [-0.4, -0.2) is 55.0 Å². The van der Waals surface area contributed by atoms with Crippen molar-refractivity contribution in [2.75, 3.05) is 18.4 Å². The first-order valence-electron chi connectivity index (χ1n) is 10.8. The van der Waals surface area contributed by atoms with Crippen molar-refractivity contribution in [2.45, 2.75) is 43.2 Å². The number of benzene rings is 2. The van der Waals surface area contributed by atoms with E-state index in [2.05, 4.69) is 9.71 Å². The van der Waals surface area contributed by atoms with Gasteiger partial charge in [-0.2, -0.15) is 8.42 Å². The van der Waals surface area contributed by atoms with Gasteiger partial charge in [0.1, 0.15) is 10.9 Å². The van der Waals surface area contributed by atoms with E-state index in [1.165, 1.54) is 0 Å². The van der Waals surface area contributed by atoms with Crippen LogP contribution in [0.5, 0.6) is 0 Å². The Bertz CT molecular complexity index is 1220. The van der Waals surface area contributed by atoms with Crippen molar-refractivity contribution in [1.82, 2.24) is 9.80 Å². The summed E-state index contributed by atoms with van der Waals surface area (Å²) in [6.45, 7) is 1.86. The van der Waals surface area contributed by atoms with Crippen LogP contribution >= 0.6 is 0 Å². The number of fused-ring (bicyclic) bond motifs is 1. The van der Waals surface area contributed by atoms with E-state index in [0.29, 0.717) is 43.0 Å². The van der Waals surface area contributed by atoms with Crippen LogP contribution in [0.3, 0.4) is 0 Å². The van der Waals surface area contributed by atoms with Gasteiger partial charge in [-0.3, -0.25) is 9.59 Å². The van der Waals surface area contributed by atoms with Crippen molar-refractivity contribution in [2.24, 2.45) is 4.40 Å². The second kappa shape index (κ2) is 8.05. The molecule has 0 bridgehead atoms. The van der Waals surface area contributed by atoms with Gasteiger partial charge in [-0.05, 0) is 49.1 Å². The monoisotopic (exact) mass is 452 g/mol. The van der Waals surface area contributed by atoms with Gasteiger partial charge in [0, 0.05) is 37.3 Å². The van der Waals surface area contributed by atoms with Gasteiger partial charge in [0.15, 0.2) is 5.84 Å². The van der Waals surface area contributed by atoms with E-state index < -0.39 is 16.1 Å². The first kappa shape index (κ1) is 20.7. The van der Waals surface area contributed by atoms with Crippen LogP contribution in [0.15, 0.2) is 57.8 Å². The van der Waals surface area contributed by atoms with Gasteiger partial charge in [0.25, 0.3) is 10.0 Å². The van der Waals surface area contributed by atoms with E-state index in [4.69, 9.17) is 0 Å². The highest BCUT2D eigenvalue weighted by molar-refractivity contribution is 7.90. The Hall–Kier alpha value is -3.20. The second-order valence-corrected chi connectivity index (χ2v) is 9.92. The molecular formula is C23H24N4O4S. The highest BCUT2D eigenvalue weighted by Crippen LogP contribution is 2.31. The molecule has 3 aliphatic heterocycles. The molecule has 0 aliphatic carbocycles. The number of amidine groups is 1. The number of rotatable bonds is 4. The number of nitrogens with one attached hydrogen (secondary N) is 1. The molecule has 166 valence electrons. The van der Waals surface area contributed by atoms with Gasteiger partial charge in [-0.1, -0.05) is 24.3 Å². The predicted molar refractivity (Wildman–Crippen MR) is 120 cm³/mol. The van der Waals surface area contributed by atoms with E-state index >= 15 is 0 Å². The summed E-state index contributed by atoms with van der Waals surface area (Å²) in [6.07, 6.45) is 2.87. The minimum absolute atomic E-state index is 0.161. The maximum atomic E-state index is 13.1. The van der Waals surface area contributed by atoms with Crippen LogP contribution in [-0.2, 0) is 26.2 Å². The largest absolute Gasteiger partial charge is 0.343 e. The lowest BCUT2D eigenvalue weighted by atomic mass is 10.1. The smallest absolute Gasteiger partial charge is 0.285 e. The molecule has 2 aromatic carbocycles. The molecule has 0 spiro atoms. The first-order valence-corrected chi connectivity index (χ1v) is 12.2. The normalized spacial score (nSPS) is 21.6. The highest BCUT2D eigenvalue weighted by Gasteiger charge is 2.39. The van der Waals surface area contributed by atoms with E-state index in [0.717, 1.165) is 24.9 Å². The molecule has 0 saturated carbocycles. The van der Waals surface area contributed by atoms with E-state index in [1.807, 2.05) is 29.2 Å². The van der Waals surface area contributed by atoms with Gasteiger partial charge in [-0.15, -0.1) is 4.40 Å². The molecule has 8 nitrogen and oxygen atoms in total. The molecule has 3 aliphatic rings. The van der Waals surface area contributed by atoms with E-state index in [-0.39, 0.29) is 16.7 Å². The molecule has 32 heavy (non-hydrogen) atoms. The maximum absolute atomic E-state index is 13.1. The average molecular weight is 453 g/mol. The molecule has 2 aromatic rings. The Morgan fingerprint density at radius 2 is 1.94 bits per heavy atom. The highest BCUT2D eigenvalue weighted by atomic mass is 32.2. The summed E-state index contributed by atoms with van der Waals surface area (Å²) in [6, 6.07) is 13.7. The van der Waals surface area contributed by atoms with Crippen LogP contribution < -0.4 is 5.32 Å². The summed E-state index contributed by atoms with van der Waals surface area (Å²) < 4.78 is 28.9. The summed E-state index contributed by atoms with van der Waals surface area (Å²) in [7, 11) is -3.74. The summed E-state index contributed by atoms with van der Waals surface area (Å²) >= 11 is 0. The van der Waals surface area contributed by atoms with Crippen molar-refractivity contribution in [1.29, 1.82) is 0 Å². The van der Waals surface area contributed by atoms with Crippen LogP contribution in [0.2, 0.25) is 0 Å². The van der Waals surface area contributed by atoms with Crippen molar-refractivity contribution < 1.29 is 18.0 Å². The quantitative estimate of drug-likeness (QED) is 0.768. The summed E-state index contributed by atoms with van der Waals surface area (Å²) in [5.41, 5.74) is 2.17. The average Bonchev–Trinajstić information content (AvgIpc) is 3.47. The van der Waals surface area contributed by atoms with E-state index in [1.54, 1.807) is 29.2 Å². The molecule has 2 saturated heterocycles. The summed E-state index contributed by atoms with van der Waals surface area (Å²) in [5, 5.41) is 2.97. The van der Waals surface area contributed by atoms with Gasteiger partial charge in [-0.25, -0.2) is 0 Å². The lowest BCUT2D eigenvalue weighted by molar-refractivity contribution is -0.128. The predicted octanol–water partition coefficient (Wildman–Crippen LogP) is 2.36. The molecule has 5 rings (SSSR count). The van der Waals surface area contributed by atoms with Gasteiger partial charge < -0.3 is 15.1 Å². The molecule has 0 aromatic heterocycles. The fourth-order valence-corrected chi connectivity index (χ4v) is 5.87. The number of nitrogens with zero attached hydrogens (tertiary/aromatic N) is 3. The fraction of sp³-hybridized carbons (Fsp3) is 0.348. The van der Waals surface area contributed by atoms with Gasteiger partial charge >= 0.3 is 0 Å². The number of hydrogen-bond donors (Lipinski definition) is 1. The molecule has 1 atom stereocenters. The van der Waals surface area contributed by atoms with Crippen LogP contribution in [0.1, 0.15) is 36.8 Å². The molecular weight excluding hydrogens is 428 g/mol. The topological polar surface area (TPSA) is 99.2 Å². The van der Waals surface area contributed by atoms with Crippen molar-refractivity contribution in [3.05, 3.63) is 59.7 Å².